The maximum absolute atomic E-state index is 11.7. The third kappa shape index (κ3) is 1.32. The lowest BCUT2D eigenvalue weighted by atomic mass is 9.59. The lowest BCUT2D eigenvalue weighted by Gasteiger charge is -2.40. The summed E-state index contributed by atoms with van der Waals surface area (Å²) in [6.07, 6.45) is 2.97. The summed E-state index contributed by atoms with van der Waals surface area (Å²) in [5, 5.41) is -0.0963. The molecule has 3 unspecified atom stereocenters. The molecule has 3 nitrogen and oxygen atoms in total. The van der Waals surface area contributed by atoms with Gasteiger partial charge in [0.05, 0.1) is 19.9 Å². The minimum Gasteiger partial charge on any atom is -0.323 e. The Kier molecular flexibility index (Phi) is 2.05. The van der Waals surface area contributed by atoms with Crippen molar-refractivity contribution < 1.29 is 4.79 Å². The quantitative estimate of drug-likeness (QED) is 0.530. The van der Waals surface area contributed by atoms with Gasteiger partial charge in [-0.25, -0.2) is 4.79 Å². The summed E-state index contributed by atoms with van der Waals surface area (Å²) in [5.41, 5.74) is 0. The second kappa shape index (κ2) is 2.91. The SMILES string of the molecule is [B]C1(C)CCC2C(C1)N(C)C(=O)N2C. The van der Waals surface area contributed by atoms with E-state index in [2.05, 4.69) is 6.92 Å². The summed E-state index contributed by atoms with van der Waals surface area (Å²) in [4.78, 5) is 15.4. The smallest absolute Gasteiger partial charge is 0.320 e. The van der Waals surface area contributed by atoms with Crippen LogP contribution in [-0.2, 0) is 0 Å². The van der Waals surface area contributed by atoms with Crippen molar-refractivity contribution in [2.75, 3.05) is 14.1 Å². The molecule has 4 heteroatoms. The molecule has 1 aliphatic carbocycles. The number of rotatable bonds is 0. The van der Waals surface area contributed by atoms with E-state index in [0.717, 1.165) is 19.3 Å². The lowest BCUT2D eigenvalue weighted by Crippen LogP contribution is -2.42. The van der Waals surface area contributed by atoms with Crippen LogP contribution in [0.25, 0.3) is 0 Å². The van der Waals surface area contributed by atoms with Gasteiger partial charge in [0, 0.05) is 14.1 Å². The summed E-state index contributed by atoms with van der Waals surface area (Å²) in [6, 6.07) is 0.832. The van der Waals surface area contributed by atoms with Crippen molar-refractivity contribution in [3.8, 4) is 0 Å². The normalized spacial score (nSPS) is 42.9. The number of carbonyl (C=O) groups is 1. The zero-order valence-corrected chi connectivity index (χ0v) is 9.16. The van der Waals surface area contributed by atoms with Gasteiger partial charge in [-0.2, -0.15) is 0 Å². The highest BCUT2D eigenvalue weighted by molar-refractivity contribution is 6.15. The molecule has 0 spiro atoms. The molecule has 2 aliphatic rings. The molecule has 1 saturated heterocycles. The minimum absolute atomic E-state index is 0.0963. The average Bonchev–Trinajstić information content (AvgIpc) is 2.30. The summed E-state index contributed by atoms with van der Waals surface area (Å²) < 4.78 is 0. The zero-order valence-electron chi connectivity index (χ0n) is 9.16. The number of amides is 2. The van der Waals surface area contributed by atoms with Gasteiger partial charge >= 0.3 is 6.03 Å². The second-order valence-electron chi connectivity index (χ2n) is 5.04. The van der Waals surface area contributed by atoms with E-state index in [1.807, 2.05) is 23.9 Å². The van der Waals surface area contributed by atoms with E-state index >= 15 is 0 Å². The fraction of sp³-hybridized carbons (Fsp3) is 0.900. The predicted molar refractivity (Wildman–Crippen MR) is 56.5 cm³/mol. The van der Waals surface area contributed by atoms with Crippen LogP contribution in [0.2, 0.25) is 5.31 Å². The third-order valence-electron chi connectivity index (χ3n) is 3.73. The Labute approximate surface area is 86.8 Å². The molecule has 14 heavy (non-hydrogen) atoms. The lowest BCUT2D eigenvalue weighted by molar-refractivity contribution is 0.199. The van der Waals surface area contributed by atoms with E-state index in [1.165, 1.54) is 0 Å². The molecule has 76 valence electrons. The summed E-state index contributed by atoms with van der Waals surface area (Å²) in [7, 11) is 9.90. The van der Waals surface area contributed by atoms with Crippen LogP contribution in [0.4, 0.5) is 4.79 Å². The molecular formula is C10H17BN2O. The van der Waals surface area contributed by atoms with Crippen LogP contribution in [0.3, 0.4) is 0 Å². The van der Waals surface area contributed by atoms with Gasteiger partial charge in [-0.1, -0.05) is 18.7 Å². The van der Waals surface area contributed by atoms with Gasteiger partial charge in [-0.15, -0.1) is 0 Å². The summed E-state index contributed by atoms with van der Waals surface area (Å²) in [5.74, 6) is 0. The molecule has 2 fully saturated rings. The topological polar surface area (TPSA) is 23.6 Å². The molecule has 0 aromatic carbocycles. The van der Waals surface area contributed by atoms with Crippen LogP contribution in [0.1, 0.15) is 26.2 Å². The van der Waals surface area contributed by atoms with Crippen LogP contribution in [-0.4, -0.2) is 49.9 Å². The van der Waals surface area contributed by atoms with Gasteiger partial charge in [-0.3, -0.25) is 0 Å². The highest BCUT2D eigenvalue weighted by atomic mass is 16.2. The first-order valence-corrected chi connectivity index (χ1v) is 5.21. The number of urea groups is 1. The Bertz CT molecular complexity index is 267. The molecule has 0 N–H and O–H groups in total. The van der Waals surface area contributed by atoms with Gasteiger partial charge in [0.15, 0.2) is 0 Å². The molecule has 2 amide bonds. The predicted octanol–water partition coefficient (Wildman–Crippen LogP) is 1.25. The molecule has 1 saturated carbocycles. The van der Waals surface area contributed by atoms with E-state index < -0.39 is 0 Å². The van der Waals surface area contributed by atoms with Crippen molar-refractivity contribution in [1.82, 2.24) is 9.80 Å². The first-order chi connectivity index (χ1) is 6.42. The summed E-state index contributed by atoms with van der Waals surface area (Å²) in [6.45, 7) is 2.08. The van der Waals surface area contributed by atoms with Gasteiger partial charge in [-0.05, 0) is 12.8 Å². The van der Waals surface area contributed by atoms with E-state index in [0.29, 0.717) is 12.1 Å². The monoisotopic (exact) mass is 192 g/mol. The Morgan fingerprint density at radius 3 is 2.57 bits per heavy atom. The van der Waals surface area contributed by atoms with Crippen LogP contribution in [0.5, 0.6) is 0 Å². The Morgan fingerprint density at radius 1 is 1.36 bits per heavy atom. The molecule has 1 aliphatic heterocycles. The highest BCUT2D eigenvalue weighted by Crippen LogP contribution is 2.44. The van der Waals surface area contributed by atoms with Crippen molar-refractivity contribution >= 4 is 13.9 Å². The van der Waals surface area contributed by atoms with Gasteiger partial charge < -0.3 is 9.80 Å². The molecular weight excluding hydrogens is 175 g/mol. The van der Waals surface area contributed by atoms with Crippen molar-refractivity contribution in [3.63, 3.8) is 0 Å². The standard InChI is InChI=1S/C10H17BN2O/c1-10(11)5-4-7-8(6-10)13(3)9(14)12(7)2/h7-8H,4-6H2,1-3H3. The first-order valence-electron chi connectivity index (χ1n) is 5.21. The number of carbonyl (C=O) groups excluding carboxylic acids is 1. The summed E-state index contributed by atoms with van der Waals surface area (Å²) >= 11 is 0. The van der Waals surface area contributed by atoms with Crippen LogP contribution in [0, 0.1) is 0 Å². The van der Waals surface area contributed by atoms with Crippen LogP contribution >= 0.6 is 0 Å². The van der Waals surface area contributed by atoms with Crippen LogP contribution in [0.15, 0.2) is 0 Å². The zero-order chi connectivity index (χ0) is 10.5. The first kappa shape index (κ1) is 9.87. The number of hydrogen-bond acceptors (Lipinski definition) is 1. The number of nitrogens with zero attached hydrogens (tertiary/aromatic N) is 2. The Balaban J connectivity index is 2.20. The van der Waals surface area contributed by atoms with Crippen molar-refractivity contribution in [1.29, 1.82) is 0 Å². The van der Waals surface area contributed by atoms with Crippen molar-refractivity contribution in [2.45, 2.75) is 43.6 Å². The minimum atomic E-state index is -0.0963. The van der Waals surface area contributed by atoms with Crippen LogP contribution < -0.4 is 0 Å². The largest absolute Gasteiger partial charge is 0.323 e. The van der Waals surface area contributed by atoms with E-state index in [1.54, 1.807) is 0 Å². The Morgan fingerprint density at radius 2 is 1.93 bits per heavy atom. The fourth-order valence-electron chi connectivity index (χ4n) is 2.77. The van der Waals surface area contributed by atoms with Gasteiger partial charge in [0.1, 0.15) is 0 Å². The maximum atomic E-state index is 11.7. The highest BCUT2D eigenvalue weighted by Gasteiger charge is 2.46. The van der Waals surface area contributed by atoms with Crippen molar-refractivity contribution in [3.05, 3.63) is 0 Å². The number of fused-ring (bicyclic) bond motifs is 1. The molecule has 0 bridgehead atoms. The average molecular weight is 192 g/mol. The molecule has 0 aromatic rings. The van der Waals surface area contributed by atoms with E-state index in [9.17, 15) is 4.79 Å². The molecule has 2 radical (unpaired) electrons. The molecule has 3 atom stereocenters. The number of likely N-dealkylation sites (N-methyl/N-ethyl adjacent to an activating group) is 2. The maximum Gasteiger partial charge on any atom is 0.320 e. The fourth-order valence-corrected chi connectivity index (χ4v) is 2.77. The Hall–Kier alpha value is -0.665. The van der Waals surface area contributed by atoms with Crippen molar-refractivity contribution in [2.24, 2.45) is 0 Å². The van der Waals surface area contributed by atoms with Gasteiger partial charge in [0.2, 0.25) is 0 Å². The third-order valence-corrected chi connectivity index (χ3v) is 3.73. The van der Waals surface area contributed by atoms with Gasteiger partial charge in [0.25, 0.3) is 0 Å². The molecule has 1 heterocycles. The van der Waals surface area contributed by atoms with E-state index in [4.69, 9.17) is 7.85 Å². The molecule has 0 aromatic heterocycles. The van der Waals surface area contributed by atoms with E-state index in [-0.39, 0.29) is 11.3 Å². The number of hydrogen-bond donors (Lipinski definition) is 0. The molecule has 2 rings (SSSR count). The second-order valence-corrected chi connectivity index (χ2v) is 5.04.